The Morgan fingerprint density at radius 2 is 1.82 bits per heavy atom. The molecule has 0 saturated carbocycles. The van der Waals surface area contributed by atoms with Gasteiger partial charge in [-0.15, -0.1) is 0 Å². The average molecular weight is 302 g/mol. The molecule has 116 valence electrons. The minimum Gasteiger partial charge on any atom is -0.493 e. The van der Waals surface area contributed by atoms with Gasteiger partial charge in [-0.2, -0.15) is 9.97 Å². The minimum absolute atomic E-state index is 0.0819. The van der Waals surface area contributed by atoms with Crippen LogP contribution in [0, 0.1) is 0 Å². The van der Waals surface area contributed by atoms with Crippen molar-refractivity contribution in [1.82, 2.24) is 9.97 Å². The maximum Gasteiger partial charge on any atom is 0.225 e. The fourth-order valence-electron chi connectivity index (χ4n) is 2.29. The van der Waals surface area contributed by atoms with E-state index in [4.69, 9.17) is 19.9 Å². The minimum atomic E-state index is 0.0819. The molecule has 0 aliphatic carbocycles. The summed E-state index contributed by atoms with van der Waals surface area (Å²) < 4.78 is 16.3. The van der Waals surface area contributed by atoms with Crippen LogP contribution in [0.4, 0.5) is 11.8 Å². The number of nitrogen functional groups attached to an aromatic ring is 1. The van der Waals surface area contributed by atoms with Gasteiger partial charge in [0.2, 0.25) is 11.8 Å². The standard InChI is InChI=1S/C15H18N4O3/c1-20-11-5-3-4-6-12(11)22-10-8-19(9-10)13-7-14(21-2)18-15(16)17-13/h3-7,10H,8-9H2,1-2H3,(H2,16,17,18). The fourth-order valence-corrected chi connectivity index (χ4v) is 2.29. The molecule has 1 aliphatic heterocycles. The number of ether oxygens (including phenoxy) is 3. The van der Waals surface area contributed by atoms with Gasteiger partial charge in [0, 0.05) is 6.07 Å². The molecule has 7 nitrogen and oxygen atoms in total. The first kappa shape index (κ1) is 14.2. The van der Waals surface area contributed by atoms with E-state index in [0.29, 0.717) is 5.88 Å². The van der Waals surface area contributed by atoms with Crippen molar-refractivity contribution < 1.29 is 14.2 Å². The number of benzene rings is 1. The Morgan fingerprint density at radius 1 is 1.09 bits per heavy atom. The lowest BCUT2D eigenvalue weighted by molar-refractivity contribution is 0.160. The zero-order valence-electron chi connectivity index (χ0n) is 12.5. The van der Waals surface area contributed by atoms with Gasteiger partial charge in [-0.3, -0.25) is 0 Å². The predicted molar refractivity (Wildman–Crippen MR) is 82.6 cm³/mol. The van der Waals surface area contributed by atoms with Crippen molar-refractivity contribution in [2.45, 2.75) is 6.10 Å². The number of hydrogen-bond donors (Lipinski definition) is 1. The third kappa shape index (κ3) is 2.83. The van der Waals surface area contributed by atoms with Crippen molar-refractivity contribution in [3.05, 3.63) is 30.3 Å². The Kier molecular flexibility index (Phi) is 3.86. The van der Waals surface area contributed by atoms with Gasteiger partial charge >= 0.3 is 0 Å². The second kappa shape index (κ2) is 5.97. The molecule has 3 rings (SSSR count). The third-order valence-corrected chi connectivity index (χ3v) is 3.45. The molecule has 0 amide bonds. The van der Waals surface area contributed by atoms with E-state index in [9.17, 15) is 0 Å². The maximum atomic E-state index is 5.94. The number of nitrogens with zero attached hydrogens (tertiary/aromatic N) is 3. The molecule has 0 radical (unpaired) electrons. The maximum absolute atomic E-state index is 5.94. The van der Waals surface area contributed by atoms with Gasteiger partial charge in [0.05, 0.1) is 27.3 Å². The van der Waals surface area contributed by atoms with Gasteiger partial charge in [-0.05, 0) is 12.1 Å². The van der Waals surface area contributed by atoms with E-state index in [1.54, 1.807) is 20.3 Å². The summed E-state index contributed by atoms with van der Waals surface area (Å²) in [6, 6.07) is 9.36. The van der Waals surface area contributed by atoms with Crippen LogP contribution in [-0.4, -0.2) is 43.4 Å². The highest BCUT2D eigenvalue weighted by atomic mass is 16.5. The molecule has 1 fully saturated rings. The van der Waals surface area contributed by atoms with Crippen LogP contribution in [0.15, 0.2) is 30.3 Å². The molecular weight excluding hydrogens is 284 g/mol. The Hall–Kier alpha value is -2.70. The quantitative estimate of drug-likeness (QED) is 0.892. The molecule has 1 aromatic heterocycles. The molecule has 0 atom stereocenters. The highest BCUT2D eigenvalue weighted by Crippen LogP contribution is 2.30. The van der Waals surface area contributed by atoms with E-state index >= 15 is 0 Å². The van der Waals surface area contributed by atoms with E-state index in [1.165, 1.54) is 0 Å². The molecule has 1 aliphatic rings. The topological polar surface area (TPSA) is 82.7 Å². The van der Waals surface area contributed by atoms with Gasteiger partial charge < -0.3 is 24.8 Å². The average Bonchev–Trinajstić information content (AvgIpc) is 2.50. The van der Waals surface area contributed by atoms with Crippen LogP contribution >= 0.6 is 0 Å². The Bertz CT molecular complexity index is 659. The monoisotopic (exact) mass is 302 g/mol. The summed E-state index contributed by atoms with van der Waals surface area (Å²) in [4.78, 5) is 10.2. The Labute approximate surface area is 128 Å². The summed E-state index contributed by atoms with van der Waals surface area (Å²) in [6.45, 7) is 1.44. The zero-order chi connectivity index (χ0) is 15.5. The first-order valence-electron chi connectivity index (χ1n) is 6.92. The molecular formula is C15H18N4O3. The SMILES string of the molecule is COc1cc(N2CC(Oc3ccccc3OC)C2)nc(N)n1. The summed E-state index contributed by atoms with van der Waals surface area (Å²) in [6.07, 6.45) is 0.0819. The summed E-state index contributed by atoms with van der Waals surface area (Å²) in [7, 11) is 3.18. The van der Waals surface area contributed by atoms with Crippen LogP contribution in [0.5, 0.6) is 17.4 Å². The number of para-hydroxylation sites is 2. The number of methoxy groups -OCH3 is 2. The molecule has 1 saturated heterocycles. The predicted octanol–water partition coefficient (Wildman–Crippen LogP) is 1.34. The van der Waals surface area contributed by atoms with Crippen LogP contribution in [-0.2, 0) is 0 Å². The van der Waals surface area contributed by atoms with Crippen molar-refractivity contribution in [1.29, 1.82) is 0 Å². The number of aromatic nitrogens is 2. The molecule has 0 spiro atoms. The molecule has 7 heteroatoms. The van der Waals surface area contributed by atoms with Crippen LogP contribution < -0.4 is 24.8 Å². The first-order chi connectivity index (χ1) is 10.7. The van der Waals surface area contributed by atoms with Crippen molar-refractivity contribution in [2.24, 2.45) is 0 Å². The van der Waals surface area contributed by atoms with Crippen molar-refractivity contribution in [3.63, 3.8) is 0 Å². The van der Waals surface area contributed by atoms with Gasteiger partial charge in [-0.25, -0.2) is 0 Å². The smallest absolute Gasteiger partial charge is 0.225 e. The van der Waals surface area contributed by atoms with Gasteiger partial charge in [0.1, 0.15) is 11.9 Å². The number of hydrogen-bond acceptors (Lipinski definition) is 7. The van der Waals surface area contributed by atoms with E-state index in [2.05, 4.69) is 14.9 Å². The van der Waals surface area contributed by atoms with E-state index in [-0.39, 0.29) is 12.1 Å². The Balaban J connectivity index is 1.63. The van der Waals surface area contributed by atoms with E-state index < -0.39 is 0 Å². The second-order valence-electron chi connectivity index (χ2n) is 4.92. The van der Waals surface area contributed by atoms with E-state index in [0.717, 1.165) is 30.4 Å². The van der Waals surface area contributed by atoms with Gasteiger partial charge in [0.15, 0.2) is 11.5 Å². The van der Waals surface area contributed by atoms with Crippen molar-refractivity contribution >= 4 is 11.8 Å². The molecule has 2 heterocycles. The molecule has 2 aromatic rings. The lowest BCUT2D eigenvalue weighted by atomic mass is 10.1. The van der Waals surface area contributed by atoms with Crippen LogP contribution in [0.2, 0.25) is 0 Å². The van der Waals surface area contributed by atoms with Gasteiger partial charge in [-0.1, -0.05) is 12.1 Å². The first-order valence-corrected chi connectivity index (χ1v) is 6.92. The summed E-state index contributed by atoms with van der Waals surface area (Å²) in [5.41, 5.74) is 5.67. The molecule has 2 N–H and O–H groups in total. The largest absolute Gasteiger partial charge is 0.493 e. The number of anilines is 2. The summed E-state index contributed by atoms with van der Waals surface area (Å²) in [5, 5.41) is 0. The van der Waals surface area contributed by atoms with Crippen molar-refractivity contribution in [3.8, 4) is 17.4 Å². The third-order valence-electron chi connectivity index (χ3n) is 3.45. The normalized spacial score (nSPS) is 14.4. The number of nitrogens with two attached hydrogens (primary N) is 1. The lowest BCUT2D eigenvalue weighted by Gasteiger charge is -2.39. The molecule has 0 unspecified atom stereocenters. The van der Waals surface area contributed by atoms with E-state index in [1.807, 2.05) is 24.3 Å². The second-order valence-corrected chi connectivity index (χ2v) is 4.92. The highest BCUT2D eigenvalue weighted by molar-refractivity contribution is 5.48. The molecule has 1 aromatic carbocycles. The van der Waals surface area contributed by atoms with Crippen molar-refractivity contribution in [2.75, 3.05) is 37.9 Å². The molecule has 22 heavy (non-hydrogen) atoms. The van der Waals surface area contributed by atoms with Crippen LogP contribution in [0.1, 0.15) is 0 Å². The summed E-state index contributed by atoms with van der Waals surface area (Å²) >= 11 is 0. The number of rotatable bonds is 5. The fraction of sp³-hybridized carbons (Fsp3) is 0.333. The zero-order valence-corrected chi connectivity index (χ0v) is 12.5. The Morgan fingerprint density at radius 3 is 2.50 bits per heavy atom. The summed E-state index contributed by atoms with van der Waals surface area (Å²) in [5.74, 6) is 2.87. The van der Waals surface area contributed by atoms with Crippen LogP contribution in [0.25, 0.3) is 0 Å². The van der Waals surface area contributed by atoms with Gasteiger partial charge in [0.25, 0.3) is 0 Å². The molecule has 0 bridgehead atoms. The lowest BCUT2D eigenvalue weighted by Crippen LogP contribution is -2.54. The highest BCUT2D eigenvalue weighted by Gasteiger charge is 2.30. The van der Waals surface area contributed by atoms with Crippen LogP contribution in [0.3, 0.4) is 0 Å².